The summed E-state index contributed by atoms with van der Waals surface area (Å²) < 4.78 is 29.7. The van der Waals surface area contributed by atoms with Gasteiger partial charge in [0.1, 0.15) is 22.8 Å². The zero-order valence-electron chi connectivity index (χ0n) is 21.7. The van der Waals surface area contributed by atoms with Gasteiger partial charge < -0.3 is 10.3 Å². The molecule has 7 nitrogen and oxygen atoms in total. The highest BCUT2D eigenvalue weighted by molar-refractivity contribution is 5.98. The summed E-state index contributed by atoms with van der Waals surface area (Å²) in [5.41, 5.74) is 6.74. The van der Waals surface area contributed by atoms with Crippen molar-refractivity contribution in [1.82, 2.24) is 35.5 Å². The van der Waals surface area contributed by atoms with E-state index in [0.29, 0.717) is 56.8 Å². The van der Waals surface area contributed by atoms with Crippen LogP contribution in [0, 0.1) is 11.6 Å². The van der Waals surface area contributed by atoms with E-state index in [1.807, 2.05) is 24.3 Å². The number of hydrogen-bond donors (Lipinski definition) is 3. The molecule has 0 spiro atoms. The summed E-state index contributed by atoms with van der Waals surface area (Å²) in [6.45, 7) is 1.32. The van der Waals surface area contributed by atoms with Crippen LogP contribution in [0.5, 0.6) is 0 Å². The number of benzene rings is 3. The zero-order valence-corrected chi connectivity index (χ0v) is 21.7. The number of aromatic nitrogens is 6. The van der Waals surface area contributed by atoms with Gasteiger partial charge in [-0.3, -0.25) is 15.1 Å². The minimum absolute atomic E-state index is 0.324. The van der Waals surface area contributed by atoms with E-state index in [0.717, 1.165) is 17.7 Å². The maximum Gasteiger partial charge on any atom is 0.159 e. The van der Waals surface area contributed by atoms with Crippen molar-refractivity contribution in [3.05, 3.63) is 120 Å². The van der Waals surface area contributed by atoms with E-state index in [9.17, 15) is 4.39 Å². The van der Waals surface area contributed by atoms with Crippen molar-refractivity contribution in [3.8, 4) is 33.9 Å². The van der Waals surface area contributed by atoms with E-state index in [1.54, 1.807) is 48.9 Å². The normalized spacial score (nSPS) is 11.5. The first-order chi connectivity index (χ1) is 20.1. The van der Waals surface area contributed by atoms with Gasteiger partial charge in [-0.25, -0.2) is 13.8 Å². The molecule has 3 aromatic carbocycles. The van der Waals surface area contributed by atoms with Crippen molar-refractivity contribution in [3.63, 3.8) is 0 Å². The van der Waals surface area contributed by atoms with Crippen molar-refractivity contribution < 1.29 is 8.78 Å². The van der Waals surface area contributed by atoms with E-state index in [2.05, 4.69) is 42.6 Å². The quantitative estimate of drug-likeness (QED) is 0.206. The molecule has 0 fully saturated rings. The van der Waals surface area contributed by atoms with Crippen LogP contribution in [0.1, 0.15) is 11.1 Å². The summed E-state index contributed by atoms with van der Waals surface area (Å²) >= 11 is 0. The summed E-state index contributed by atoms with van der Waals surface area (Å²) in [7, 11) is 0. The van der Waals surface area contributed by atoms with E-state index in [1.165, 1.54) is 17.7 Å². The Labute approximate surface area is 233 Å². The Bertz CT molecular complexity index is 2000. The van der Waals surface area contributed by atoms with Gasteiger partial charge in [-0.15, -0.1) is 0 Å². The molecule has 7 aromatic rings. The second kappa shape index (κ2) is 10.4. The van der Waals surface area contributed by atoms with E-state index in [-0.39, 0.29) is 5.82 Å². The lowest BCUT2D eigenvalue weighted by atomic mass is 10.0. The standard InChI is InChI=1S/C32H23F2N7/c33-23-8-6-21(7-9-23)29-30-26(12-13-37-29)38-32(39-30)31-27-25(40-41-31)11-10-24(28(27)34)22-14-20(17-36-18-22)16-35-15-19-4-2-1-3-5-19/h1-14,17-18,35H,15-16H2,(H,38,39)(H,40,41). The number of H-pyrrole nitrogens is 2. The third-order valence-electron chi connectivity index (χ3n) is 7.02. The van der Waals surface area contributed by atoms with Gasteiger partial charge in [0, 0.05) is 48.4 Å². The first-order valence-electron chi connectivity index (χ1n) is 13.1. The van der Waals surface area contributed by atoms with Crippen LogP contribution >= 0.6 is 0 Å². The molecule has 3 N–H and O–H groups in total. The van der Waals surface area contributed by atoms with Crippen molar-refractivity contribution >= 4 is 21.9 Å². The molecule has 7 rings (SSSR count). The molecule has 41 heavy (non-hydrogen) atoms. The van der Waals surface area contributed by atoms with Crippen LogP contribution in [-0.2, 0) is 13.1 Å². The molecule has 0 unspecified atom stereocenters. The first kappa shape index (κ1) is 24.7. The SMILES string of the molecule is Fc1ccc(-c2nccc3[nH]c(-c4n[nH]c5ccc(-c6cncc(CNCc7ccccc7)c6)c(F)c45)nc23)cc1. The van der Waals surface area contributed by atoms with Gasteiger partial charge in [0.25, 0.3) is 0 Å². The molecule has 0 saturated heterocycles. The van der Waals surface area contributed by atoms with Crippen LogP contribution in [0.25, 0.3) is 55.8 Å². The van der Waals surface area contributed by atoms with Crippen LogP contribution in [0.2, 0.25) is 0 Å². The summed E-state index contributed by atoms with van der Waals surface area (Å²) in [6, 6.07) is 23.5. The van der Waals surface area contributed by atoms with Crippen molar-refractivity contribution in [1.29, 1.82) is 0 Å². The Morgan fingerprint density at radius 3 is 2.44 bits per heavy atom. The Morgan fingerprint density at radius 2 is 1.59 bits per heavy atom. The van der Waals surface area contributed by atoms with Gasteiger partial charge in [0.05, 0.1) is 22.1 Å². The minimum Gasteiger partial charge on any atom is -0.336 e. The van der Waals surface area contributed by atoms with Crippen LogP contribution in [0.3, 0.4) is 0 Å². The Morgan fingerprint density at radius 1 is 0.756 bits per heavy atom. The second-order valence-electron chi connectivity index (χ2n) is 9.74. The Kier molecular flexibility index (Phi) is 6.25. The molecular weight excluding hydrogens is 520 g/mol. The highest BCUT2D eigenvalue weighted by atomic mass is 19.1. The molecule has 4 heterocycles. The lowest BCUT2D eigenvalue weighted by molar-refractivity contribution is 0.628. The minimum atomic E-state index is -0.417. The number of rotatable bonds is 7. The fourth-order valence-electron chi connectivity index (χ4n) is 5.01. The smallest absolute Gasteiger partial charge is 0.159 e. The van der Waals surface area contributed by atoms with E-state index >= 15 is 4.39 Å². The van der Waals surface area contributed by atoms with Crippen molar-refractivity contribution in [2.75, 3.05) is 0 Å². The maximum atomic E-state index is 16.2. The number of nitrogens with zero attached hydrogens (tertiary/aromatic N) is 4. The number of fused-ring (bicyclic) bond motifs is 2. The third kappa shape index (κ3) is 4.72. The fraction of sp³-hybridized carbons (Fsp3) is 0.0625. The summed E-state index contributed by atoms with van der Waals surface area (Å²) in [4.78, 5) is 16.8. The van der Waals surface area contributed by atoms with Crippen LogP contribution in [-0.4, -0.2) is 30.1 Å². The van der Waals surface area contributed by atoms with E-state index in [4.69, 9.17) is 4.98 Å². The number of nitrogens with one attached hydrogen (secondary N) is 3. The average Bonchev–Trinajstić information content (AvgIpc) is 3.63. The lowest BCUT2D eigenvalue weighted by Gasteiger charge is -2.09. The summed E-state index contributed by atoms with van der Waals surface area (Å²) in [5, 5.41) is 11.1. The molecule has 0 saturated carbocycles. The molecule has 200 valence electrons. The van der Waals surface area contributed by atoms with Gasteiger partial charge in [-0.05, 0) is 59.7 Å². The molecular formula is C32H23F2N7. The largest absolute Gasteiger partial charge is 0.336 e. The van der Waals surface area contributed by atoms with Gasteiger partial charge in [0.15, 0.2) is 5.82 Å². The molecule has 9 heteroatoms. The number of aromatic amines is 2. The number of hydrogen-bond acceptors (Lipinski definition) is 5. The molecule has 0 bridgehead atoms. The lowest BCUT2D eigenvalue weighted by Crippen LogP contribution is -2.12. The average molecular weight is 544 g/mol. The third-order valence-corrected chi connectivity index (χ3v) is 7.02. The van der Waals surface area contributed by atoms with Crippen molar-refractivity contribution in [2.24, 2.45) is 0 Å². The number of pyridine rings is 2. The number of imidazole rings is 1. The summed E-state index contributed by atoms with van der Waals surface area (Å²) in [5.74, 6) is -0.350. The zero-order chi connectivity index (χ0) is 27.8. The number of halogens is 2. The highest BCUT2D eigenvalue weighted by Crippen LogP contribution is 2.35. The first-order valence-corrected chi connectivity index (χ1v) is 13.1. The second-order valence-corrected chi connectivity index (χ2v) is 9.74. The Balaban J connectivity index is 1.23. The van der Waals surface area contributed by atoms with Crippen molar-refractivity contribution in [2.45, 2.75) is 13.1 Å². The molecule has 0 aliphatic heterocycles. The Hall–Kier alpha value is -5.28. The molecule has 4 aromatic heterocycles. The molecule has 0 atom stereocenters. The van der Waals surface area contributed by atoms with Gasteiger partial charge in [-0.2, -0.15) is 5.10 Å². The van der Waals surface area contributed by atoms with Gasteiger partial charge in [0.2, 0.25) is 0 Å². The van der Waals surface area contributed by atoms with Crippen LogP contribution in [0.4, 0.5) is 8.78 Å². The maximum absolute atomic E-state index is 16.2. The molecule has 0 radical (unpaired) electrons. The monoisotopic (exact) mass is 543 g/mol. The fourth-order valence-corrected chi connectivity index (χ4v) is 5.01. The van der Waals surface area contributed by atoms with Gasteiger partial charge in [-0.1, -0.05) is 30.3 Å². The molecule has 0 amide bonds. The van der Waals surface area contributed by atoms with Crippen LogP contribution < -0.4 is 5.32 Å². The van der Waals surface area contributed by atoms with E-state index < -0.39 is 5.82 Å². The van der Waals surface area contributed by atoms with Crippen LogP contribution in [0.15, 0.2) is 97.5 Å². The topological polar surface area (TPSA) is 95.2 Å². The molecule has 0 aliphatic rings. The predicted octanol–water partition coefficient (Wildman–Crippen LogP) is 6.80. The van der Waals surface area contributed by atoms with Gasteiger partial charge >= 0.3 is 0 Å². The predicted molar refractivity (Wildman–Crippen MR) is 155 cm³/mol. The summed E-state index contributed by atoms with van der Waals surface area (Å²) in [6.07, 6.45) is 5.09. The molecule has 0 aliphatic carbocycles. The highest BCUT2D eigenvalue weighted by Gasteiger charge is 2.20.